The predicted molar refractivity (Wildman–Crippen MR) is 61.2 cm³/mol. The Morgan fingerprint density at radius 1 is 1.28 bits per heavy atom. The molecule has 1 aromatic rings. The molecule has 0 aromatic heterocycles. The van der Waals surface area contributed by atoms with Crippen molar-refractivity contribution < 1.29 is 22.7 Å². The molecule has 1 rings (SSSR count). The molecule has 0 spiro atoms. The first-order valence-corrected chi connectivity index (χ1v) is 5.37. The van der Waals surface area contributed by atoms with Crippen molar-refractivity contribution in [2.75, 3.05) is 0 Å². The summed E-state index contributed by atoms with van der Waals surface area (Å²) in [6.07, 6.45) is -3.15. The van der Waals surface area contributed by atoms with Gasteiger partial charge in [-0.15, -0.1) is 13.2 Å². The Balaban J connectivity index is 2.65. The van der Waals surface area contributed by atoms with Crippen molar-refractivity contribution in [3.05, 3.63) is 29.8 Å². The number of hydrogen-bond donors (Lipinski definition) is 0. The van der Waals surface area contributed by atoms with Crippen LogP contribution in [0.4, 0.5) is 13.2 Å². The summed E-state index contributed by atoms with van der Waals surface area (Å²) in [5.41, 5.74) is 0.288. The number of nitrogens with zero attached hydrogens (tertiary/aromatic N) is 1. The van der Waals surface area contributed by atoms with E-state index in [9.17, 15) is 13.2 Å². The minimum atomic E-state index is -4.71. The first-order chi connectivity index (χ1) is 8.38. The van der Waals surface area contributed by atoms with Crippen LogP contribution in [-0.2, 0) is 11.4 Å². The van der Waals surface area contributed by atoms with Gasteiger partial charge in [0.1, 0.15) is 12.4 Å². The van der Waals surface area contributed by atoms with Gasteiger partial charge in [0.25, 0.3) is 0 Å². The molecule has 0 saturated heterocycles. The maximum Gasteiger partial charge on any atom is 0.573 e. The van der Waals surface area contributed by atoms with E-state index in [0.717, 1.165) is 0 Å². The summed E-state index contributed by atoms with van der Waals surface area (Å²) in [7, 11) is 0. The third-order valence-corrected chi connectivity index (χ3v) is 1.85. The predicted octanol–water partition coefficient (Wildman–Crippen LogP) is 3.74. The Morgan fingerprint density at radius 2 is 1.94 bits per heavy atom. The second-order valence-electron chi connectivity index (χ2n) is 3.93. The zero-order chi connectivity index (χ0) is 13.6. The molecule has 0 heterocycles. The molecule has 0 aliphatic heterocycles. The van der Waals surface area contributed by atoms with Crippen molar-refractivity contribution >= 4 is 6.21 Å². The molecule has 0 atom stereocenters. The maximum atomic E-state index is 12.1. The van der Waals surface area contributed by atoms with Crippen LogP contribution < -0.4 is 4.74 Å². The average molecular weight is 261 g/mol. The summed E-state index contributed by atoms with van der Waals surface area (Å²) in [5.74, 6) is -0.0589. The first kappa shape index (κ1) is 14.3. The fraction of sp³-hybridized carbons (Fsp3) is 0.417. The minimum absolute atomic E-state index is 0.0739. The van der Waals surface area contributed by atoms with Crippen LogP contribution in [0.5, 0.6) is 5.75 Å². The highest BCUT2D eigenvalue weighted by Gasteiger charge is 2.31. The number of para-hydroxylation sites is 1. The van der Waals surface area contributed by atoms with Crippen molar-refractivity contribution in [2.45, 2.75) is 26.8 Å². The molecule has 3 nitrogen and oxygen atoms in total. The standard InChI is InChI=1S/C12H14F3NO2/c1-9(2)7-16-17-8-10-5-3-4-6-11(10)18-12(13,14)15/h3-7,9H,8H2,1-2H3. The number of oxime groups is 1. The van der Waals surface area contributed by atoms with Gasteiger partial charge < -0.3 is 9.57 Å². The van der Waals surface area contributed by atoms with E-state index in [2.05, 4.69) is 9.89 Å². The third-order valence-electron chi connectivity index (χ3n) is 1.85. The van der Waals surface area contributed by atoms with Crippen LogP contribution >= 0.6 is 0 Å². The smallest absolute Gasteiger partial charge is 0.405 e. The van der Waals surface area contributed by atoms with E-state index in [1.54, 1.807) is 12.3 Å². The van der Waals surface area contributed by atoms with Crippen LogP contribution in [0.25, 0.3) is 0 Å². The number of halogens is 3. The summed E-state index contributed by atoms with van der Waals surface area (Å²) in [6.45, 7) is 3.75. The molecular weight excluding hydrogens is 247 g/mol. The van der Waals surface area contributed by atoms with Gasteiger partial charge in [-0.05, 0) is 12.0 Å². The lowest BCUT2D eigenvalue weighted by atomic mass is 10.2. The highest BCUT2D eigenvalue weighted by atomic mass is 19.4. The Labute approximate surface area is 103 Å². The molecule has 100 valence electrons. The van der Waals surface area contributed by atoms with Crippen LogP contribution in [0.2, 0.25) is 0 Å². The Morgan fingerprint density at radius 3 is 2.56 bits per heavy atom. The fourth-order valence-corrected chi connectivity index (χ4v) is 1.12. The topological polar surface area (TPSA) is 30.8 Å². The lowest BCUT2D eigenvalue weighted by Gasteiger charge is -2.12. The molecule has 0 amide bonds. The van der Waals surface area contributed by atoms with E-state index in [1.165, 1.54) is 18.2 Å². The second-order valence-corrected chi connectivity index (χ2v) is 3.93. The second kappa shape index (κ2) is 6.28. The van der Waals surface area contributed by atoms with Crippen LogP contribution in [0, 0.1) is 5.92 Å². The van der Waals surface area contributed by atoms with Gasteiger partial charge in [-0.3, -0.25) is 0 Å². The molecular formula is C12H14F3NO2. The van der Waals surface area contributed by atoms with Gasteiger partial charge in [-0.25, -0.2) is 0 Å². The molecule has 1 aromatic carbocycles. The molecule has 0 aliphatic carbocycles. The lowest BCUT2D eigenvalue weighted by molar-refractivity contribution is -0.275. The third kappa shape index (κ3) is 5.56. The summed E-state index contributed by atoms with van der Waals surface area (Å²) in [4.78, 5) is 4.91. The SMILES string of the molecule is CC(C)C=NOCc1ccccc1OC(F)(F)F. The lowest BCUT2D eigenvalue weighted by Crippen LogP contribution is -2.18. The number of rotatable bonds is 5. The molecule has 0 N–H and O–H groups in total. The van der Waals surface area contributed by atoms with Crippen LogP contribution in [0.3, 0.4) is 0 Å². The van der Waals surface area contributed by atoms with Gasteiger partial charge >= 0.3 is 6.36 Å². The number of hydrogen-bond acceptors (Lipinski definition) is 3. The van der Waals surface area contributed by atoms with Gasteiger partial charge in [0.2, 0.25) is 0 Å². The molecule has 18 heavy (non-hydrogen) atoms. The Bertz CT molecular complexity index is 403. The first-order valence-electron chi connectivity index (χ1n) is 5.37. The van der Waals surface area contributed by atoms with E-state index in [1.807, 2.05) is 13.8 Å². The highest BCUT2D eigenvalue weighted by Crippen LogP contribution is 2.26. The van der Waals surface area contributed by atoms with Crippen molar-refractivity contribution in [3.63, 3.8) is 0 Å². The Hall–Kier alpha value is -1.72. The summed E-state index contributed by atoms with van der Waals surface area (Å²) in [6, 6.07) is 5.79. The number of benzene rings is 1. The van der Waals surface area contributed by atoms with Gasteiger partial charge in [0.05, 0.1) is 0 Å². The Kier molecular flexibility index (Phi) is 5.00. The quantitative estimate of drug-likeness (QED) is 0.597. The fourth-order valence-electron chi connectivity index (χ4n) is 1.12. The van der Waals surface area contributed by atoms with E-state index in [0.29, 0.717) is 0 Å². The summed E-state index contributed by atoms with van der Waals surface area (Å²) in [5, 5.41) is 3.64. The molecule has 0 bridgehead atoms. The van der Waals surface area contributed by atoms with Crippen LogP contribution in [-0.4, -0.2) is 12.6 Å². The van der Waals surface area contributed by atoms with E-state index in [4.69, 9.17) is 4.84 Å². The maximum absolute atomic E-state index is 12.1. The molecule has 0 saturated carbocycles. The van der Waals surface area contributed by atoms with E-state index in [-0.39, 0.29) is 23.8 Å². The molecule has 6 heteroatoms. The van der Waals surface area contributed by atoms with Crippen molar-refractivity contribution in [2.24, 2.45) is 11.1 Å². The van der Waals surface area contributed by atoms with Crippen molar-refractivity contribution in [3.8, 4) is 5.75 Å². The van der Waals surface area contributed by atoms with Crippen molar-refractivity contribution in [1.82, 2.24) is 0 Å². The number of alkyl halides is 3. The largest absolute Gasteiger partial charge is 0.573 e. The summed E-state index contributed by atoms with van der Waals surface area (Å²) >= 11 is 0. The van der Waals surface area contributed by atoms with Gasteiger partial charge in [0.15, 0.2) is 0 Å². The molecule has 0 fully saturated rings. The highest BCUT2D eigenvalue weighted by molar-refractivity contribution is 5.58. The molecule has 0 radical (unpaired) electrons. The van der Waals surface area contributed by atoms with Gasteiger partial charge in [-0.2, -0.15) is 0 Å². The van der Waals surface area contributed by atoms with E-state index < -0.39 is 6.36 Å². The number of ether oxygens (including phenoxy) is 1. The normalized spacial score (nSPS) is 12.1. The monoisotopic (exact) mass is 261 g/mol. The zero-order valence-electron chi connectivity index (χ0n) is 10.1. The zero-order valence-corrected chi connectivity index (χ0v) is 10.1. The molecule has 0 unspecified atom stereocenters. The molecule has 0 aliphatic rings. The average Bonchev–Trinajstić information content (AvgIpc) is 2.24. The van der Waals surface area contributed by atoms with E-state index >= 15 is 0 Å². The minimum Gasteiger partial charge on any atom is -0.405 e. The summed E-state index contributed by atoms with van der Waals surface area (Å²) < 4.78 is 40.2. The van der Waals surface area contributed by atoms with Gasteiger partial charge in [0, 0.05) is 11.8 Å². The van der Waals surface area contributed by atoms with Crippen LogP contribution in [0.1, 0.15) is 19.4 Å². The van der Waals surface area contributed by atoms with Crippen molar-refractivity contribution in [1.29, 1.82) is 0 Å². The van der Waals surface area contributed by atoms with Crippen LogP contribution in [0.15, 0.2) is 29.4 Å². The van der Waals surface area contributed by atoms with Gasteiger partial charge in [-0.1, -0.05) is 37.2 Å².